The number of phenols is 1. The molecule has 7 nitrogen and oxygen atoms in total. The number of methoxy groups -OCH3 is 2. The molecule has 3 aromatic carbocycles. The molecule has 4 rings (SSSR count). The van der Waals surface area contributed by atoms with E-state index in [2.05, 4.69) is 58.7 Å². The molecule has 7 heteroatoms. The van der Waals surface area contributed by atoms with E-state index in [1.807, 2.05) is 12.1 Å². The van der Waals surface area contributed by atoms with Crippen LogP contribution in [-0.2, 0) is 9.53 Å². The number of allylic oxidation sites excluding steroid dienone is 2. The Morgan fingerprint density at radius 1 is 0.950 bits per heavy atom. The summed E-state index contributed by atoms with van der Waals surface area (Å²) in [6, 6.07) is 24.2. The molecule has 1 aliphatic rings. The Morgan fingerprint density at radius 3 is 2.08 bits per heavy atom. The van der Waals surface area contributed by atoms with Gasteiger partial charge in [0.15, 0.2) is 11.5 Å². The zero-order valence-corrected chi connectivity index (χ0v) is 23.2. The molecule has 210 valence electrons. The highest BCUT2D eigenvalue weighted by Crippen LogP contribution is 2.37. The van der Waals surface area contributed by atoms with Crippen molar-refractivity contribution in [3.63, 3.8) is 0 Å². The van der Waals surface area contributed by atoms with Gasteiger partial charge in [-0.05, 0) is 41.7 Å². The van der Waals surface area contributed by atoms with Crippen LogP contribution < -0.4 is 14.8 Å². The Hall–Kier alpha value is -4.07. The number of likely N-dealkylation sites (tertiary alicyclic amines) is 1. The van der Waals surface area contributed by atoms with Gasteiger partial charge in [-0.3, -0.25) is 4.79 Å². The molecule has 40 heavy (non-hydrogen) atoms. The van der Waals surface area contributed by atoms with E-state index >= 15 is 0 Å². The molecule has 1 fully saturated rings. The molecule has 0 aromatic heterocycles. The number of rotatable bonds is 12. The Bertz CT molecular complexity index is 1200. The van der Waals surface area contributed by atoms with Crippen LogP contribution >= 0.6 is 0 Å². The second-order valence-corrected chi connectivity index (χ2v) is 9.66. The molecule has 0 unspecified atom stereocenters. The Morgan fingerprint density at radius 2 is 1.52 bits per heavy atom. The number of piperidine rings is 1. The molecule has 3 aromatic rings. The van der Waals surface area contributed by atoms with E-state index in [0.717, 1.165) is 38.0 Å². The van der Waals surface area contributed by atoms with Gasteiger partial charge in [0.05, 0.1) is 20.3 Å². The number of ether oxygens (including phenoxy) is 3. The molecule has 0 spiro atoms. The van der Waals surface area contributed by atoms with Gasteiger partial charge in [0, 0.05) is 32.3 Å². The average Bonchev–Trinajstić information content (AvgIpc) is 3.00. The Balaban J connectivity index is 1.19. The molecule has 0 aliphatic carbocycles. The zero-order valence-electron chi connectivity index (χ0n) is 23.2. The molecule has 2 N–H and O–H groups in total. The molecule has 0 atom stereocenters. The minimum absolute atomic E-state index is 0.0441. The summed E-state index contributed by atoms with van der Waals surface area (Å²) in [7, 11) is 2.96. The van der Waals surface area contributed by atoms with Gasteiger partial charge in [-0.25, -0.2) is 0 Å². The van der Waals surface area contributed by atoms with E-state index in [9.17, 15) is 9.90 Å². The second kappa shape index (κ2) is 14.9. The van der Waals surface area contributed by atoms with Crippen LogP contribution in [0.1, 0.15) is 35.6 Å². The summed E-state index contributed by atoms with van der Waals surface area (Å²) in [5, 5.41) is 13.0. The zero-order chi connectivity index (χ0) is 28.2. The van der Waals surface area contributed by atoms with Crippen LogP contribution in [0.4, 0.5) is 0 Å². The fourth-order valence-electron chi connectivity index (χ4n) is 4.78. The van der Waals surface area contributed by atoms with E-state index in [4.69, 9.17) is 14.2 Å². The number of hydrogen-bond donors (Lipinski definition) is 2. The minimum atomic E-state index is -0.141. The van der Waals surface area contributed by atoms with Crippen LogP contribution in [0.5, 0.6) is 17.2 Å². The van der Waals surface area contributed by atoms with Crippen LogP contribution in [0.2, 0.25) is 0 Å². The molecule has 0 saturated carbocycles. The summed E-state index contributed by atoms with van der Waals surface area (Å²) in [6.07, 6.45) is 8.78. The highest BCUT2D eigenvalue weighted by Gasteiger charge is 2.24. The molecule has 0 bridgehead atoms. The predicted molar refractivity (Wildman–Crippen MR) is 158 cm³/mol. The van der Waals surface area contributed by atoms with Crippen molar-refractivity contribution in [2.24, 2.45) is 0 Å². The first-order chi connectivity index (χ1) is 19.6. The van der Waals surface area contributed by atoms with E-state index in [0.29, 0.717) is 18.0 Å². The lowest BCUT2D eigenvalue weighted by molar-refractivity contribution is -0.116. The van der Waals surface area contributed by atoms with Gasteiger partial charge in [0.25, 0.3) is 0 Å². The third kappa shape index (κ3) is 8.21. The third-order valence-corrected chi connectivity index (χ3v) is 6.94. The quantitative estimate of drug-likeness (QED) is 0.237. The first-order valence-corrected chi connectivity index (χ1v) is 13.6. The maximum absolute atomic E-state index is 12.2. The summed E-state index contributed by atoms with van der Waals surface area (Å²) >= 11 is 0. The lowest BCUT2D eigenvalue weighted by Gasteiger charge is -2.34. The fourth-order valence-corrected chi connectivity index (χ4v) is 4.78. The number of hydrogen-bond acceptors (Lipinski definition) is 6. The lowest BCUT2D eigenvalue weighted by Crippen LogP contribution is -2.41. The Labute approximate surface area is 236 Å². The molecule has 1 heterocycles. The van der Waals surface area contributed by atoms with Crippen LogP contribution in [0, 0.1) is 0 Å². The van der Waals surface area contributed by atoms with Gasteiger partial charge in [0.2, 0.25) is 11.7 Å². The van der Waals surface area contributed by atoms with Crippen LogP contribution in [0.3, 0.4) is 0 Å². The van der Waals surface area contributed by atoms with Crippen molar-refractivity contribution in [1.29, 1.82) is 0 Å². The number of amides is 1. The molecular formula is C33H38N2O5. The smallest absolute Gasteiger partial charge is 0.244 e. The van der Waals surface area contributed by atoms with Crippen molar-refractivity contribution in [1.82, 2.24) is 10.2 Å². The second-order valence-electron chi connectivity index (χ2n) is 9.66. The molecule has 1 saturated heterocycles. The summed E-state index contributed by atoms with van der Waals surface area (Å²) in [4.78, 5) is 14.6. The highest BCUT2D eigenvalue weighted by molar-refractivity contribution is 5.87. The summed E-state index contributed by atoms with van der Waals surface area (Å²) < 4.78 is 17.0. The highest BCUT2D eigenvalue weighted by atomic mass is 16.5. The Kier molecular flexibility index (Phi) is 10.8. The number of aromatic hydroxyl groups is 1. The van der Waals surface area contributed by atoms with Crippen LogP contribution in [0.25, 0.3) is 6.08 Å². The average molecular weight is 543 g/mol. The lowest BCUT2D eigenvalue weighted by atomic mass is 10.00. The van der Waals surface area contributed by atoms with Gasteiger partial charge < -0.3 is 29.5 Å². The van der Waals surface area contributed by atoms with E-state index < -0.39 is 0 Å². The van der Waals surface area contributed by atoms with Gasteiger partial charge in [-0.2, -0.15) is 0 Å². The maximum Gasteiger partial charge on any atom is 0.244 e. The van der Waals surface area contributed by atoms with Gasteiger partial charge in [-0.1, -0.05) is 78.9 Å². The molecule has 1 amide bonds. The molecule has 0 radical (unpaired) electrons. The van der Waals surface area contributed by atoms with Crippen molar-refractivity contribution in [3.8, 4) is 17.2 Å². The number of nitrogens with zero attached hydrogens (tertiary/aromatic N) is 1. The van der Waals surface area contributed by atoms with Crippen LogP contribution in [0.15, 0.2) is 91.0 Å². The van der Waals surface area contributed by atoms with Crippen molar-refractivity contribution in [2.75, 3.05) is 40.4 Å². The van der Waals surface area contributed by atoms with Gasteiger partial charge in [0.1, 0.15) is 6.10 Å². The topological polar surface area (TPSA) is 80.3 Å². The van der Waals surface area contributed by atoms with Crippen molar-refractivity contribution in [2.45, 2.75) is 25.0 Å². The monoisotopic (exact) mass is 542 g/mol. The van der Waals surface area contributed by atoms with Crippen molar-refractivity contribution >= 4 is 12.0 Å². The number of benzene rings is 3. The fraction of sp³-hybridized carbons (Fsp3) is 0.303. The number of carbonyl (C=O) groups is 1. The van der Waals surface area contributed by atoms with Crippen molar-refractivity contribution < 1.29 is 24.1 Å². The van der Waals surface area contributed by atoms with E-state index in [1.54, 1.807) is 30.4 Å². The van der Waals surface area contributed by atoms with E-state index in [1.165, 1.54) is 31.4 Å². The summed E-state index contributed by atoms with van der Waals surface area (Å²) in [5.74, 6) is 0.460. The predicted octanol–water partition coefficient (Wildman–Crippen LogP) is 5.37. The molecule has 1 aliphatic heterocycles. The van der Waals surface area contributed by atoms with Crippen molar-refractivity contribution in [3.05, 3.63) is 108 Å². The first kappa shape index (κ1) is 28.9. The number of phenolic OH excluding ortho intramolecular Hbond substituents is 1. The number of nitrogens with one attached hydrogen (secondary N) is 1. The van der Waals surface area contributed by atoms with E-state index in [-0.39, 0.29) is 23.9 Å². The van der Waals surface area contributed by atoms with Gasteiger partial charge in [-0.15, -0.1) is 0 Å². The SMILES string of the molecule is COc1cc(C=CC=CC(=O)NCCN2CCC(OC(c3ccccc3)c3ccccc3)CC2)cc(OC)c1O. The summed E-state index contributed by atoms with van der Waals surface area (Å²) in [6.45, 7) is 3.27. The normalized spacial score (nSPS) is 14.7. The maximum atomic E-state index is 12.2. The first-order valence-electron chi connectivity index (χ1n) is 13.6. The summed E-state index contributed by atoms with van der Waals surface area (Å²) in [5.41, 5.74) is 3.12. The molecular weight excluding hydrogens is 504 g/mol. The van der Waals surface area contributed by atoms with Crippen LogP contribution in [-0.4, -0.2) is 62.4 Å². The minimum Gasteiger partial charge on any atom is -0.502 e. The van der Waals surface area contributed by atoms with Gasteiger partial charge >= 0.3 is 0 Å². The largest absolute Gasteiger partial charge is 0.502 e. The number of carbonyl (C=O) groups excluding carboxylic acids is 1. The standard InChI is InChI=1S/C33H38N2O5/c1-38-29-23-25(24-30(39-2)32(29)37)11-9-10-16-31(36)34-19-22-35-20-17-28(18-21-35)40-33(26-12-5-3-6-13-26)27-14-7-4-8-15-27/h3-16,23-24,28,33,37H,17-22H2,1-2H3,(H,34,36). The third-order valence-electron chi connectivity index (χ3n) is 6.94.